The Hall–Kier alpha value is -0.650. The summed E-state index contributed by atoms with van der Waals surface area (Å²) in [4.78, 5) is 11.8. The summed E-state index contributed by atoms with van der Waals surface area (Å²) in [6.07, 6.45) is -13.7. The Morgan fingerprint density at radius 2 is 1.60 bits per heavy atom. The van der Waals surface area contributed by atoms with Crippen molar-refractivity contribution in [1.29, 1.82) is 0 Å². The zero-order valence-electron chi connectivity index (χ0n) is 10.8. The lowest BCUT2D eigenvalue weighted by molar-refractivity contribution is -0.199. The SMILES string of the molecule is C[C@H](O)[C@@H](O)[C@@H](O)[C@H](O)C(=O)C1OC[C@@H](O)[C@H](O)[C@H]1O. The van der Waals surface area contributed by atoms with E-state index in [1.165, 1.54) is 0 Å². The maximum absolute atomic E-state index is 11.8. The molecule has 0 bridgehead atoms. The van der Waals surface area contributed by atoms with E-state index in [1.54, 1.807) is 0 Å². The van der Waals surface area contributed by atoms with Crippen molar-refractivity contribution in [2.45, 2.75) is 55.8 Å². The highest BCUT2D eigenvalue weighted by Gasteiger charge is 2.45. The third-order valence-electron chi connectivity index (χ3n) is 3.24. The molecule has 1 aliphatic heterocycles. The van der Waals surface area contributed by atoms with Crippen molar-refractivity contribution in [2.75, 3.05) is 6.61 Å². The third-order valence-corrected chi connectivity index (χ3v) is 3.24. The van der Waals surface area contributed by atoms with Gasteiger partial charge in [-0.3, -0.25) is 4.79 Å². The van der Waals surface area contributed by atoms with E-state index in [-0.39, 0.29) is 0 Å². The van der Waals surface area contributed by atoms with Crippen molar-refractivity contribution in [3.05, 3.63) is 0 Å². The highest BCUT2D eigenvalue weighted by molar-refractivity contribution is 5.88. The molecule has 1 rings (SSSR count). The number of hydrogen-bond donors (Lipinski definition) is 7. The number of ketones is 1. The van der Waals surface area contributed by atoms with Crippen LogP contribution in [0.15, 0.2) is 0 Å². The molecule has 0 aromatic carbocycles. The first-order valence-electron chi connectivity index (χ1n) is 6.10. The van der Waals surface area contributed by atoms with Crippen LogP contribution in [0.3, 0.4) is 0 Å². The summed E-state index contributed by atoms with van der Waals surface area (Å²) in [7, 11) is 0. The van der Waals surface area contributed by atoms with Crippen LogP contribution in [0.25, 0.3) is 0 Å². The number of hydrogen-bond acceptors (Lipinski definition) is 9. The van der Waals surface area contributed by atoms with E-state index >= 15 is 0 Å². The summed E-state index contributed by atoms with van der Waals surface area (Å²) in [6.45, 7) is 0.716. The van der Waals surface area contributed by atoms with Gasteiger partial charge in [0.05, 0.1) is 12.7 Å². The molecular weight excluding hydrogens is 276 g/mol. The summed E-state index contributed by atoms with van der Waals surface area (Å²) in [5.41, 5.74) is 0. The lowest BCUT2D eigenvalue weighted by Gasteiger charge is -2.36. The van der Waals surface area contributed by atoms with Crippen LogP contribution in [0, 0.1) is 0 Å². The van der Waals surface area contributed by atoms with E-state index in [1.807, 2.05) is 0 Å². The lowest BCUT2D eigenvalue weighted by Crippen LogP contribution is -2.59. The Bertz CT molecular complexity index is 334. The molecule has 7 N–H and O–H groups in total. The molecule has 1 saturated heterocycles. The first-order valence-corrected chi connectivity index (χ1v) is 6.10. The minimum absolute atomic E-state index is 0.434. The number of carbonyl (C=O) groups excluding carboxylic acids is 1. The second kappa shape index (κ2) is 6.87. The molecule has 0 spiro atoms. The predicted molar refractivity (Wildman–Crippen MR) is 62.5 cm³/mol. The van der Waals surface area contributed by atoms with Crippen LogP contribution in [0.2, 0.25) is 0 Å². The smallest absolute Gasteiger partial charge is 0.195 e. The van der Waals surface area contributed by atoms with Crippen molar-refractivity contribution >= 4 is 5.78 Å². The van der Waals surface area contributed by atoms with Crippen LogP contribution in [0.4, 0.5) is 0 Å². The molecule has 1 fully saturated rings. The lowest BCUT2D eigenvalue weighted by atomic mass is 9.91. The number of aliphatic hydroxyl groups is 7. The van der Waals surface area contributed by atoms with Crippen molar-refractivity contribution in [1.82, 2.24) is 0 Å². The largest absolute Gasteiger partial charge is 0.391 e. The van der Waals surface area contributed by atoms with Crippen molar-refractivity contribution in [2.24, 2.45) is 0 Å². The van der Waals surface area contributed by atoms with E-state index < -0.39 is 61.2 Å². The van der Waals surface area contributed by atoms with Gasteiger partial charge >= 0.3 is 0 Å². The van der Waals surface area contributed by atoms with Gasteiger partial charge in [0.2, 0.25) is 0 Å². The normalized spacial score (nSPS) is 37.0. The van der Waals surface area contributed by atoms with E-state index in [0.717, 1.165) is 6.92 Å². The van der Waals surface area contributed by atoms with Crippen LogP contribution in [-0.2, 0) is 9.53 Å². The molecule has 0 saturated carbocycles. The molecule has 9 heteroatoms. The van der Waals surface area contributed by atoms with Gasteiger partial charge < -0.3 is 40.5 Å². The van der Waals surface area contributed by atoms with E-state index in [4.69, 9.17) is 9.84 Å². The Balaban J connectivity index is 2.74. The molecule has 1 unspecified atom stereocenters. The van der Waals surface area contributed by atoms with Crippen LogP contribution in [0.1, 0.15) is 6.92 Å². The minimum atomic E-state index is -2.12. The summed E-state index contributed by atoms with van der Waals surface area (Å²) in [6, 6.07) is 0. The molecule has 1 heterocycles. The summed E-state index contributed by atoms with van der Waals surface area (Å²) >= 11 is 0. The Kier molecular flexibility index (Phi) is 5.98. The van der Waals surface area contributed by atoms with Crippen LogP contribution in [-0.4, -0.2) is 97.0 Å². The molecule has 0 aliphatic carbocycles. The second-order valence-corrected chi connectivity index (χ2v) is 4.87. The third kappa shape index (κ3) is 3.51. The van der Waals surface area contributed by atoms with Gasteiger partial charge in [0, 0.05) is 0 Å². The zero-order chi connectivity index (χ0) is 15.6. The standard InChI is InChI=1S/C11H20O9/c1-3(12)5(14)7(16)8(17)10(19)11-9(18)6(15)4(13)2-20-11/h3-9,11-18H,2H2,1H3/t3-,4+,5+,6-,7+,8-,9+,11?/m0/s1. The molecule has 0 amide bonds. The van der Waals surface area contributed by atoms with Crippen molar-refractivity contribution in [3.8, 4) is 0 Å². The fourth-order valence-corrected chi connectivity index (χ4v) is 1.87. The van der Waals surface area contributed by atoms with Crippen molar-refractivity contribution in [3.63, 3.8) is 0 Å². The number of Topliss-reactive ketones (excluding diaryl/α,β-unsaturated/α-hetero) is 1. The number of carbonyl (C=O) groups is 1. The monoisotopic (exact) mass is 296 g/mol. The zero-order valence-corrected chi connectivity index (χ0v) is 10.8. The quantitative estimate of drug-likeness (QED) is 0.264. The molecule has 0 aromatic heterocycles. The number of ether oxygens (including phenoxy) is 1. The predicted octanol–water partition coefficient (Wildman–Crippen LogP) is -4.50. The maximum Gasteiger partial charge on any atom is 0.195 e. The van der Waals surface area contributed by atoms with Gasteiger partial charge in [0.1, 0.15) is 42.7 Å². The van der Waals surface area contributed by atoms with Gasteiger partial charge in [0.15, 0.2) is 5.78 Å². The van der Waals surface area contributed by atoms with Gasteiger partial charge in [-0.05, 0) is 6.92 Å². The molecule has 118 valence electrons. The highest BCUT2D eigenvalue weighted by atomic mass is 16.5. The first kappa shape index (κ1) is 17.4. The van der Waals surface area contributed by atoms with Gasteiger partial charge in [-0.15, -0.1) is 0 Å². The fraction of sp³-hybridized carbons (Fsp3) is 0.909. The van der Waals surface area contributed by atoms with Crippen LogP contribution < -0.4 is 0 Å². The Morgan fingerprint density at radius 3 is 2.10 bits per heavy atom. The van der Waals surface area contributed by atoms with E-state index in [9.17, 15) is 35.4 Å². The summed E-state index contributed by atoms with van der Waals surface area (Å²) in [5.74, 6) is -1.17. The van der Waals surface area contributed by atoms with Gasteiger partial charge in [-0.1, -0.05) is 0 Å². The Labute approximate surface area is 114 Å². The van der Waals surface area contributed by atoms with Crippen LogP contribution >= 0.6 is 0 Å². The first-order chi connectivity index (χ1) is 9.18. The number of rotatable bonds is 5. The molecule has 0 aromatic rings. The summed E-state index contributed by atoms with van der Waals surface area (Å²) < 4.78 is 4.82. The molecule has 9 nitrogen and oxygen atoms in total. The fourth-order valence-electron chi connectivity index (χ4n) is 1.87. The highest BCUT2D eigenvalue weighted by Crippen LogP contribution is 2.19. The van der Waals surface area contributed by atoms with Crippen molar-refractivity contribution < 1.29 is 45.3 Å². The molecule has 1 aliphatic rings. The molecule has 20 heavy (non-hydrogen) atoms. The van der Waals surface area contributed by atoms with Gasteiger partial charge in [0.25, 0.3) is 0 Å². The minimum Gasteiger partial charge on any atom is -0.391 e. The maximum atomic E-state index is 11.8. The van der Waals surface area contributed by atoms with E-state index in [0.29, 0.717) is 0 Å². The Morgan fingerprint density at radius 1 is 1.05 bits per heavy atom. The van der Waals surface area contributed by atoms with E-state index in [2.05, 4.69) is 0 Å². The second-order valence-electron chi connectivity index (χ2n) is 4.87. The van der Waals surface area contributed by atoms with Crippen LogP contribution in [0.5, 0.6) is 0 Å². The molecule has 8 atom stereocenters. The molecule has 0 radical (unpaired) electrons. The van der Waals surface area contributed by atoms with Gasteiger partial charge in [-0.2, -0.15) is 0 Å². The average Bonchev–Trinajstić information content (AvgIpc) is 2.41. The topological polar surface area (TPSA) is 168 Å². The summed E-state index contributed by atoms with van der Waals surface area (Å²) in [5, 5.41) is 65.8. The number of aliphatic hydroxyl groups excluding tert-OH is 7. The van der Waals surface area contributed by atoms with Gasteiger partial charge in [-0.25, -0.2) is 0 Å². The molecular formula is C11H20O9. The average molecular weight is 296 g/mol.